The molecule has 0 aliphatic carbocycles. The van der Waals surface area contributed by atoms with E-state index >= 15 is 0 Å². The van der Waals surface area contributed by atoms with Gasteiger partial charge in [0.2, 0.25) is 5.91 Å². The Bertz CT molecular complexity index is 262. The van der Waals surface area contributed by atoms with Crippen LogP contribution in [0.25, 0.3) is 0 Å². The average molecular weight is 230 g/mol. The zero-order valence-corrected chi connectivity index (χ0v) is 10.9. The molecule has 0 spiro atoms. The highest BCUT2D eigenvalue weighted by Crippen LogP contribution is 2.21. The first-order valence-corrected chi connectivity index (χ1v) is 5.86. The maximum absolute atomic E-state index is 13.1. The highest BCUT2D eigenvalue weighted by atomic mass is 19.1. The number of amides is 1. The van der Waals surface area contributed by atoms with E-state index in [1.807, 2.05) is 6.92 Å². The van der Waals surface area contributed by atoms with E-state index in [1.54, 1.807) is 11.9 Å². The molecule has 16 heavy (non-hydrogen) atoms. The molecule has 0 radical (unpaired) electrons. The van der Waals surface area contributed by atoms with E-state index in [1.165, 1.54) is 0 Å². The predicted molar refractivity (Wildman–Crippen MR) is 63.0 cm³/mol. The monoisotopic (exact) mass is 230 g/mol. The van der Waals surface area contributed by atoms with Gasteiger partial charge in [-0.3, -0.25) is 9.69 Å². The summed E-state index contributed by atoms with van der Waals surface area (Å²) in [5.41, 5.74) is 0.0297. The topological polar surface area (TPSA) is 32.3 Å². The number of halogens is 1. The van der Waals surface area contributed by atoms with Crippen LogP contribution in [0.3, 0.4) is 0 Å². The van der Waals surface area contributed by atoms with Crippen molar-refractivity contribution in [3.8, 4) is 0 Å². The number of likely N-dealkylation sites (N-methyl/N-ethyl adjacent to an activating group) is 1. The molecule has 1 heterocycles. The summed E-state index contributed by atoms with van der Waals surface area (Å²) in [5.74, 6) is -0.0509. The number of nitrogens with one attached hydrogen (secondary N) is 1. The van der Waals surface area contributed by atoms with Crippen molar-refractivity contribution in [2.24, 2.45) is 5.41 Å². The Kier molecular flexibility index (Phi) is 3.94. The van der Waals surface area contributed by atoms with Crippen LogP contribution in [0.1, 0.15) is 34.1 Å². The molecule has 1 aliphatic rings. The van der Waals surface area contributed by atoms with E-state index < -0.39 is 6.17 Å². The molecule has 3 atom stereocenters. The highest BCUT2D eigenvalue weighted by Gasteiger charge is 2.35. The van der Waals surface area contributed by atoms with Crippen molar-refractivity contribution in [1.82, 2.24) is 10.2 Å². The molecule has 0 aromatic rings. The smallest absolute Gasteiger partial charge is 0.237 e. The van der Waals surface area contributed by atoms with Crippen LogP contribution in [0.4, 0.5) is 4.39 Å². The Hall–Kier alpha value is -0.640. The second kappa shape index (κ2) is 4.70. The fourth-order valence-electron chi connectivity index (χ4n) is 1.77. The molecule has 0 aromatic carbocycles. The Morgan fingerprint density at radius 2 is 2.06 bits per heavy atom. The summed E-state index contributed by atoms with van der Waals surface area (Å²) < 4.78 is 13.1. The van der Waals surface area contributed by atoms with Gasteiger partial charge in [0.05, 0.1) is 6.04 Å². The summed E-state index contributed by atoms with van der Waals surface area (Å²) >= 11 is 0. The largest absolute Gasteiger partial charge is 0.352 e. The van der Waals surface area contributed by atoms with Gasteiger partial charge in [-0.25, -0.2) is 4.39 Å². The minimum atomic E-state index is -0.870. The maximum atomic E-state index is 13.1. The van der Waals surface area contributed by atoms with E-state index in [0.29, 0.717) is 13.0 Å². The third kappa shape index (κ3) is 3.17. The summed E-state index contributed by atoms with van der Waals surface area (Å²) in [6.45, 7) is 8.58. The van der Waals surface area contributed by atoms with Crippen LogP contribution in [-0.4, -0.2) is 42.7 Å². The maximum Gasteiger partial charge on any atom is 0.237 e. The minimum absolute atomic E-state index is 0.0297. The number of alkyl halides is 1. The molecule has 3 nitrogen and oxygen atoms in total. The summed E-state index contributed by atoms with van der Waals surface area (Å²) in [7, 11) is 1.80. The number of likely N-dealkylation sites (tertiary alicyclic amines) is 1. The van der Waals surface area contributed by atoms with Gasteiger partial charge in [0, 0.05) is 19.0 Å². The summed E-state index contributed by atoms with van der Waals surface area (Å²) in [4.78, 5) is 13.7. The van der Waals surface area contributed by atoms with Gasteiger partial charge in [-0.05, 0) is 19.4 Å². The van der Waals surface area contributed by atoms with Crippen molar-refractivity contribution in [2.75, 3.05) is 13.6 Å². The Morgan fingerprint density at radius 3 is 2.44 bits per heavy atom. The van der Waals surface area contributed by atoms with Crippen LogP contribution in [-0.2, 0) is 4.79 Å². The predicted octanol–water partition coefficient (Wildman–Crippen LogP) is 1.58. The first-order valence-electron chi connectivity index (χ1n) is 5.86. The summed E-state index contributed by atoms with van der Waals surface area (Å²) in [6.07, 6.45) is -0.551. The first kappa shape index (κ1) is 13.4. The molecule has 1 fully saturated rings. The van der Waals surface area contributed by atoms with E-state index in [-0.39, 0.29) is 23.4 Å². The molecule has 94 valence electrons. The lowest BCUT2D eigenvalue weighted by molar-refractivity contribution is -0.126. The molecule has 4 heteroatoms. The van der Waals surface area contributed by atoms with Crippen LogP contribution < -0.4 is 5.32 Å². The van der Waals surface area contributed by atoms with Crippen LogP contribution >= 0.6 is 0 Å². The normalized spacial score (nSPS) is 29.1. The molecule has 1 amide bonds. The van der Waals surface area contributed by atoms with Crippen molar-refractivity contribution in [1.29, 1.82) is 0 Å². The van der Waals surface area contributed by atoms with Gasteiger partial charge in [-0.2, -0.15) is 0 Å². The fourth-order valence-corrected chi connectivity index (χ4v) is 1.77. The highest BCUT2D eigenvalue weighted by molar-refractivity contribution is 5.82. The molecular formula is C12H23FN2O. The molecule has 1 N–H and O–H groups in total. The summed E-state index contributed by atoms with van der Waals surface area (Å²) in [5, 5.41) is 2.97. The number of carbonyl (C=O) groups excluding carboxylic acids is 1. The third-order valence-electron chi connectivity index (χ3n) is 3.46. The van der Waals surface area contributed by atoms with Crippen molar-refractivity contribution in [3.63, 3.8) is 0 Å². The van der Waals surface area contributed by atoms with Crippen LogP contribution in [0.5, 0.6) is 0 Å². The van der Waals surface area contributed by atoms with Gasteiger partial charge in [0.15, 0.2) is 0 Å². The lowest BCUT2D eigenvalue weighted by atomic mass is 9.88. The number of rotatable bonds is 2. The lowest BCUT2D eigenvalue weighted by Crippen LogP contribution is -2.48. The van der Waals surface area contributed by atoms with Crippen LogP contribution in [0.15, 0.2) is 0 Å². The number of hydrogen-bond donors (Lipinski definition) is 1. The average Bonchev–Trinajstić information content (AvgIpc) is 2.43. The van der Waals surface area contributed by atoms with Gasteiger partial charge < -0.3 is 5.32 Å². The van der Waals surface area contributed by atoms with Gasteiger partial charge in [0.1, 0.15) is 6.17 Å². The van der Waals surface area contributed by atoms with Gasteiger partial charge in [0.25, 0.3) is 0 Å². The second-order valence-corrected chi connectivity index (χ2v) is 5.88. The summed E-state index contributed by atoms with van der Waals surface area (Å²) in [6, 6.07) is -0.216. The van der Waals surface area contributed by atoms with Crippen molar-refractivity contribution < 1.29 is 9.18 Å². The van der Waals surface area contributed by atoms with Crippen LogP contribution in [0, 0.1) is 5.41 Å². The fraction of sp³-hybridized carbons (Fsp3) is 0.917. The number of nitrogens with zero attached hydrogens (tertiary/aromatic N) is 1. The van der Waals surface area contributed by atoms with Gasteiger partial charge >= 0.3 is 0 Å². The molecule has 1 aliphatic heterocycles. The molecular weight excluding hydrogens is 207 g/mol. The van der Waals surface area contributed by atoms with E-state index in [2.05, 4.69) is 26.1 Å². The lowest BCUT2D eigenvalue weighted by Gasteiger charge is -2.30. The molecule has 1 rings (SSSR count). The van der Waals surface area contributed by atoms with Crippen molar-refractivity contribution >= 4 is 5.91 Å². The van der Waals surface area contributed by atoms with Crippen molar-refractivity contribution in [2.45, 2.75) is 52.4 Å². The Morgan fingerprint density at radius 1 is 1.50 bits per heavy atom. The zero-order chi connectivity index (χ0) is 12.5. The molecule has 1 saturated heterocycles. The van der Waals surface area contributed by atoms with Gasteiger partial charge in [-0.1, -0.05) is 20.8 Å². The quantitative estimate of drug-likeness (QED) is 0.781. The van der Waals surface area contributed by atoms with Crippen LogP contribution in [0.2, 0.25) is 0 Å². The standard InChI is InChI=1S/C12H23FN2O/c1-8(12(2,3)4)14-11(16)10-6-9(13)7-15(10)5/h8-10H,6-7H2,1-5H3,(H,14,16)/t8-,9+,10+/m1/s1. The Labute approximate surface area is 97.4 Å². The molecule has 0 saturated carbocycles. The van der Waals surface area contributed by atoms with E-state index in [4.69, 9.17) is 0 Å². The van der Waals surface area contributed by atoms with Gasteiger partial charge in [-0.15, -0.1) is 0 Å². The minimum Gasteiger partial charge on any atom is -0.352 e. The van der Waals surface area contributed by atoms with E-state index in [0.717, 1.165) is 0 Å². The first-order chi connectivity index (χ1) is 7.21. The third-order valence-corrected chi connectivity index (χ3v) is 3.46. The Balaban J connectivity index is 2.53. The SMILES string of the molecule is C[C@@H](NC(=O)[C@@H]1C[C@H](F)CN1C)C(C)(C)C. The number of hydrogen-bond acceptors (Lipinski definition) is 2. The molecule has 0 aromatic heterocycles. The van der Waals surface area contributed by atoms with Crippen molar-refractivity contribution in [3.05, 3.63) is 0 Å². The zero-order valence-electron chi connectivity index (χ0n) is 10.9. The molecule has 0 bridgehead atoms. The van der Waals surface area contributed by atoms with E-state index in [9.17, 15) is 9.18 Å². The number of carbonyl (C=O) groups is 1. The molecule has 0 unspecified atom stereocenters. The second-order valence-electron chi connectivity index (χ2n) is 5.88.